The fraction of sp³-hybridized carbons (Fsp3) is 0.188. The van der Waals surface area contributed by atoms with Crippen molar-refractivity contribution < 1.29 is 0 Å². The molecule has 0 saturated carbocycles. The zero-order valence-electron chi connectivity index (χ0n) is 11.0. The molecule has 3 rings (SSSR count). The number of benzene rings is 1. The van der Waals surface area contributed by atoms with Gasteiger partial charge in [-0.05, 0) is 30.5 Å². The molecular weight excluding hydrogens is 256 g/mol. The number of aryl methyl sites for hydroxylation is 2. The van der Waals surface area contributed by atoms with E-state index >= 15 is 0 Å². The van der Waals surface area contributed by atoms with Crippen LogP contribution in [0.1, 0.15) is 18.1 Å². The number of hydrogen-bond acceptors (Lipinski definition) is 1. The molecule has 0 unspecified atom stereocenters. The highest BCUT2D eigenvalue weighted by molar-refractivity contribution is 6.30. The van der Waals surface area contributed by atoms with Crippen molar-refractivity contribution in [3.63, 3.8) is 0 Å². The molecule has 2 aromatic heterocycles. The van der Waals surface area contributed by atoms with Gasteiger partial charge in [-0.15, -0.1) is 0 Å². The van der Waals surface area contributed by atoms with Gasteiger partial charge in [-0.2, -0.15) is 0 Å². The van der Waals surface area contributed by atoms with Gasteiger partial charge in [0.2, 0.25) is 0 Å². The highest BCUT2D eigenvalue weighted by atomic mass is 35.5. The largest absolute Gasteiger partial charge is 0.305 e. The summed E-state index contributed by atoms with van der Waals surface area (Å²) >= 11 is 6.07. The van der Waals surface area contributed by atoms with Crippen LogP contribution in [0.25, 0.3) is 16.9 Å². The molecule has 0 aliphatic carbocycles. The van der Waals surface area contributed by atoms with Crippen LogP contribution in [0.3, 0.4) is 0 Å². The van der Waals surface area contributed by atoms with Gasteiger partial charge in [-0.3, -0.25) is 0 Å². The van der Waals surface area contributed by atoms with Gasteiger partial charge in [0.05, 0.1) is 10.7 Å². The summed E-state index contributed by atoms with van der Waals surface area (Å²) in [5.41, 5.74) is 5.50. The number of rotatable bonds is 2. The van der Waals surface area contributed by atoms with Crippen LogP contribution in [0.5, 0.6) is 0 Å². The molecule has 0 spiro atoms. The van der Waals surface area contributed by atoms with Crippen LogP contribution in [0, 0.1) is 6.92 Å². The zero-order valence-corrected chi connectivity index (χ0v) is 11.8. The van der Waals surface area contributed by atoms with Gasteiger partial charge in [-0.25, -0.2) is 4.98 Å². The normalized spacial score (nSPS) is 11.1. The summed E-state index contributed by atoms with van der Waals surface area (Å²) in [6, 6.07) is 10.5. The summed E-state index contributed by atoms with van der Waals surface area (Å²) in [5, 5.41) is 0.732. The van der Waals surface area contributed by atoms with Gasteiger partial charge in [0.1, 0.15) is 5.65 Å². The molecule has 2 nitrogen and oxygen atoms in total. The van der Waals surface area contributed by atoms with E-state index in [4.69, 9.17) is 11.6 Å². The van der Waals surface area contributed by atoms with E-state index in [1.807, 2.05) is 29.8 Å². The smallest absolute Gasteiger partial charge is 0.140 e. The number of fused-ring (bicyclic) bond motifs is 1. The number of pyridine rings is 1. The molecule has 0 atom stereocenters. The van der Waals surface area contributed by atoms with Crippen molar-refractivity contribution in [1.29, 1.82) is 0 Å². The molecule has 2 heterocycles. The molecule has 0 radical (unpaired) electrons. The van der Waals surface area contributed by atoms with Gasteiger partial charge in [0, 0.05) is 18.0 Å². The Balaban J connectivity index is 2.12. The maximum absolute atomic E-state index is 6.07. The fourth-order valence-electron chi connectivity index (χ4n) is 2.28. The van der Waals surface area contributed by atoms with Crippen LogP contribution >= 0.6 is 11.6 Å². The van der Waals surface area contributed by atoms with Gasteiger partial charge in [0.25, 0.3) is 0 Å². The highest BCUT2D eigenvalue weighted by Crippen LogP contribution is 2.23. The van der Waals surface area contributed by atoms with Crippen molar-refractivity contribution in [1.82, 2.24) is 9.38 Å². The lowest BCUT2D eigenvalue weighted by Gasteiger charge is -1.98. The van der Waals surface area contributed by atoms with Crippen molar-refractivity contribution in [2.24, 2.45) is 0 Å². The van der Waals surface area contributed by atoms with Crippen LogP contribution in [0.2, 0.25) is 5.02 Å². The van der Waals surface area contributed by atoms with Crippen LogP contribution in [-0.4, -0.2) is 9.38 Å². The minimum absolute atomic E-state index is 0.732. The maximum Gasteiger partial charge on any atom is 0.140 e. The Labute approximate surface area is 117 Å². The van der Waals surface area contributed by atoms with Crippen molar-refractivity contribution in [3.05, 3.63) is 58.9 Å². The molecule has 0 aliphatic heterocycles. The summed E-state index contributed by atoms with van der Waals surface area (Å²) in [6.45, 7) is 4.18. The molecule has 0 fully saturated rings. The third-order valence-electron chi connectivity index (χ3n) is 3.36. The number of hydrogen-bond donors (Lipinski definition) is 0. The first kappa shape index (κ1) is 12.2. The van der Waals surface area contributed by atoms with Gasteiger partial charge in [-0.1, -0.05) is 42.8 Å². The molecular formula is C16H15ClN2. The summed E-state index contributed by atoms with van der Waals surface area (Å²) in [7, 11) is 0. The third-order valence-corrected chi connectivity index (χ3v) is 3.57. The molecule has 0 aliphatic rings. The van der Waals surface area contributed by atoms with Crippen molar-refractivity contribution >= 4 is 17.2 Å². The van der Waals surface area contributed by atoms with E-state index < -0.39 is 0 Å². The molecule has 0 amide bonds. The lowest BCUT2D eigenvalue weighted by atomic mass is 10.1. The van der Waals surface area contributed by atoms with E-state index in [-0.39, 0.29) is 0 Å². The first-order valence-corrected chi connectivity index (χ1v) is 6.79. The predicted molar refractivity (Wildman–Crippen MR) is 79.8 cm³/mol. The molecule has 1 aromatic carbocycles. The SMILES string of the molecule is CCc1ccc(-c2cn3cc(Cl)cc(C)c3n2)cc1. The van der Waals surface area contributed by atoms with E-state index in [0.29, 0.717) is 0 Å². The molecule has 96 valence electrons. The van der Waals surface area contributed by atoms with Gasteiger partial charge in [0.15, 0.2) is 0 Å². The average molecular weight is 271 g/mol. The third kappa shape index (κ3) is 2.24. The number of imidazole rings is 1. The van der Waals surface area contributed by atoms with Crippen molar-refractivity contribution in [2.75, 3.05) is 0 Å². The zero-order chi connectivity index (χ0) is 13.4. The topological polar surface area (TPSA) is 17.3 Å². The standard InChI is InChI=1S/C16H15ClN2/c1-3-12-4-6-13(7-5-12)15-10-19-9-14(17)8-11(2)16(19)18-15/h4-10H,3H2,1-2H3. The van der Waals surface area contributed by atoms with Gasteiger partial charge < -0.3 is 4.40 Å². The Morgan fingerprint density at radius 1 is 1.16 bits per heavy atom. The quantitative estimate of drug-likeness (QED) is 0.669. The van der Waals surface area contributed by atoms with Crippen LogP contribution in [0.15, 0.2) is 42.7 Å². The minimum atomic E-state index is 0.732. The average Bonchev–Trinajstić information content (AvgIpc) is 2.83. The van der Waals surface area contributed by atoms with Crippen LogP contribution < -0.4 is 0 Å². The summed E-state index contributed by atoms with van der Waals surface area (Å²) in [4.78, 5) is 4.68. The Morgan fingerprint density at radius 2 is 1.89 bits per heavy atom. The second kappa shape index (κ2) is 4.71. The molecule has 0 bridgehead atoms. The molecule has 0 saturated heterocycles. The van der Waals surface area contributed by atoms with E-state index in [0.717, 1.165) is 33.9 Å². The Hall–Kier alpha value is -1.80. The van der Waals surface area contributed by atoms with Crippen molar-refractivity contribution in [2.45, 2.75) is 20.3 Å². The number of aromatic nitrogens is 2. The van der Waals surface area contributed by atoms with Crippen LogP contribution in [-0.2, 0) is 6.42 Å². The molecule has 3 aromatic rings. The first-order chi connectivity index (χ1) is 9.17. The Kier molecular flexibility index (Phi) is 3.03. The highest BCUT2D eigenvalue weighted by Gasteiger charge is 2.07. The predicted octanol–water partition coefficient (Wildman–Crippen LogP) is 4.53. The second-order valence-electron chi connectivity index (χ2n) is 4.75. The monoisotopic (exact) mass is 270 g/mol. The summed E-state index contributed by atoms with van der Waals surface area (Å²) in [6.07, 6.45) is 4.97. The number of nitrogens with zero attached hydrogens (tertiary/aromatic N) is 2. The Morgan fingerprint density at radius 3 is 2.58 bits per heavy atom. The van der Waals surface area contributed by atoms with E-state index in [1.54, 1.807) is 0 Å². The lowest BCUT2D eigenvalue weighted by molar-refractivity contribution is 1.14. The molecule has 19 heavy (non-hydrogen) atoms. The fourth-order valence-corrected chi connectivity index (χ4v) is 2.54. The summed E-state index contributed by atoms with van der Waals surface area (Å²) < 4.78 is 1.99. The van der Waals surface area contributed by atoms with E-state index in [1.165, 1.54) is 5.56 Å². The lowest BCUT2D eigenvalue weighted by Crippen LogP contribution is -1.85. The van der Waals surface area contributed by atoms with E-state index in [2.05, 4.69) is 36.2 Å². The molecule has 3 heteroatoms. The molecule has 0 N–H and O–H groups in total. The first-order valence-electron chi connectivity index (χ1n) is 6.41. The number of halogens is 1. The summed E-state index contributed by atoms with van der Waals surface area (Å²) in [5.74, 6) is 0. The van der Waals surface area contributed by atoms with Crippen molar-refractivity contribution in [3.8, 4) is 11.3 Å². The van der Waals surface area contributed by atoms with Crippen LogP contribution in [0.4, 0.5) is 0 Å². The van der Waals surface area contributed by atoms with E-state index in [9.17, 15) is 0 Å². The minimum Gasteiger partial charge on any atom is -0.305 e. The maximum atomic E-state index is 6.07. The second-order valence-corrected chi connectivity index (χ2v) is 5.19. The Bertz CT molecular complexity index is 726. The van der Waals surface area contributed by atoms with Gasteiger partial charge >= 0.3 is 0 Å².